The highest BCUT2D eigenvalue weighted by Gasteiger charge is 2.23. The Balaban J connectivity index is 1.59. The molecular formula is C16H25N3. The minimum atomic E-state index is 0.756. The zero-order valence-corrected chi connectivity index (χ0v) is 11.9. The van der Waals surface area contributed by atoms with Crippen LogP contribution in [0, 0.1) is 5.92 Å². The molecule has 0 spiro atoms. The van der Waals surface area contributed by atoms with Crippen LogP contribution in [0.4, 0.5) is 5.82 Å². The summed E-state index contributed by atoms with van der Waals surface area (Å²) in [5.41, 5.74) is 1.18. The Hall–Kier alpha value is -1.09. The van der Waals surface area contributed by atoms with Crippen molar-refractivity contribution in [3.05, 3.63) is 23.9 Å². The maximum Gasteiger partial charge on any atom is 0.128 e. The summed E-state index contributed by atoms with van der Waals surface area (Å²) in [7, 11) is 0. The Bertz CT molecular complexity index is 414. The number of hydrogen-bond donors (Lipinski definition) is 1. The second-order valence-electron chi connectivity index (χ2n) is 6.03. The van der Waals surface area contributed by atoms with E-state index in [0.717, 1.165) is 18.5 Å². The van der Waals surface area contributed by atoms with Crippen LogP contribution in [0.5, 0.6) is 0 Å². The Morgan fingerprint density at radius 1 is 1.32 bits per heavy atom. The van der Waals surface area contributed by atoms with Crippen molar-refractivity contribution in [2.24, 2.45) is 5.92 Å². The average molecular weight is 259 g/mol. The van der Waals surface area contributed by atoms with Gasteiger partial charge in [-0.05, 0) is 43.7 Å². The van der Waals surface area contributed by atoms with Crippen molar-refractivity contribution in [2.45, 2.75) is 51.6 Å². The number of hydrogen-bond acceptors (Lipinski definition) is 3. The van der Waals surface area contributed by atoms with Crippen LogP contribution < -0.4 is 10.2 Å². The van der Waals surface area contributed by atoms with Crippen molar-refractivity contribution in [3.63, 3.8) is 0 Å². The van der Waals surface area contributed by atoms with Gasteiger partial charge in [0.05, 0.1) is 5.69 Å². The van der Waals surface area contributed by atoms with E-state index in [9.17, 15) is 0 Å². The smallest absolute Gasteiger partial charge is 0.128 e. The molecule has 1 aromatic heterocycles. The van der Waals surface area contributed by atoms with Crippen LogP contribution in [0.2, 0.25) is 0 Å². The number of nitrogens with one attached hydrogen (secondary N) is 1. The van der Waals surface area contributed by atoms with Gasteiger partial charge in [0.25, 0.3) is 0 Å². The molecule has 19 heavy (non-hydrogen) atoms. The van der Waals surface area contributed by atoms with E-state index in [1.807, 2.05) is 0 Å². The Kier molecular flexibility index (Phi) is 4.02. The zero-order chi connectivity index (χ0) is 13.1. The van der Waals surface area contributed by atoms with Crippen molar-refractivity contribution in [2.75, 3.05) is 18.0 Å². The first-order valence-corrected chi connectivity index (χ1v) is 7.79. The molecule has 0 bridgehead atoms. The lowest BCUT2D eigenvalue weighted by Crippen LogP contribution is -2.22. The topological polar surface area (TPSA) is 28.2 Å². The average Bonchev–Trinajstić information content (AvgIpc) is 3.15. The van der Waals surface area contributed by atoms with Gasteiger partial charge in [-0.3, -0.25) is 0 Å². The van der Waals surface area contributed by atoms with Crippen LogP contribution in [0.3, 0.4) is 0 Å². The molecule has 0 amide bonds. The van der Waals surface area contributed by atoms with Crippen LogP contribution in [0.25, 0.3) is 0 Å². The highest BCUT2D eigenvalue weighted by Crippen LogP contribution is 2.25. The molecule has 2 fully saturated rings. The number of aromatic nitrogens is 1. The fourth-order valence-electron chi connectivity index (χ4n) is 2.96. The molecule has 1 atom stereocenters. The van der Waals surface area contributed by atoms with Gasteiger partial charge in [-0.2, -0.15) is 0 Å². The molecular weight excluding hydrogens is 234 g/mol. The highest BCUT2D eigenvalue weighted by molar-refractivity contribution is 5.40. The minimum absolute atomic E-state index is 0.756. The molecule has 1 aromatic rings. The summed E-state index contributed by atoms with van der Waals surface area (Å²) in [5.74, 6) is 2.05. The monoisotopic (exact) mass is 259 g/mol. The molecule has 0 radical (unpaired) electrons. The summed E-state index contributed by atoms with van der Waals surface area (Å²) < 4.78 is 0. The molecule has 1 saturated heterocycles. The van der Waals surface area contributed by atoms with Crippen molar-refractivity contribution < 1.29 is 0 Å². The van der Waals surface area contributed by atoms with Gasteiger partial charge in [0, 0.05) is 25.7 Å². The van der Waals surface area contributed by atoms with Gasteiger partial charge in [-0.25, -0.2) is 4.98 Å². The molecule has 3 heteroatoms. The largest absolute Gasteiger partial charge is 0.356 e. The summed E-state index contributed by atoms with van der Waals surface area (Å²) in [6, 6.07) is 7.21. The Morgan fingerprint density at radius 2 is 2.21 bits per heavy atom. The lowest BCUT2D eigenvalue weighted by molar-refractivity contribution is 0.529. The van der Waals surface area contributed by atoms with Crippen molar-refractivity contribution in [1.82, 2.24) is 10.3 Å². The normalized spacial score (nSPS) is 23.0. The second kappa shape index (κ2) is 5.91. The Labute approximate surface area is 116 Å². The molecule has 1 N–H and O–H groups in total. The van der Waals surface area contributed by atoms with E-state index in [2.05, 4.69) is 35.3 Å². The lowest BCUT2D eigenvalue weighted by atomic mass is 10.0. The van der Waals surface area contributed by atoms with Gasteiger partial charge in [-0.15, -0.1) is 0 Å². The minimum Gasteiger partial charge on any atom is -0.356 e. The summed E-state index contributed by atoms with van der Waals surface area (Å²) in [5, 5.41) is 3.54. The molecule has 1 aliphatic heterocycles. The van der Waals surface area contributed by atoms with E-state index in [1.54, 1.807) is 0 Å². The third-order valence-corrected chi connectivity index (χ3v) is 4.25. The van der Waals surface area contributed by atoms with Crippen molar-refractivity contribution in [1.29, 1.82) is 0 Å². The van der Waals surface area contributed by atoms with Crippen LogP contribution in [-0.4, -0.2) is 24.1 Å². The van der Waals surface area contributed by atoms with Crippen molar-refractivity contribution >= 4 is 5.82 Å². The van der Waals surface area contributed by atoms with Gasteiger partial charge in [0.15, 0.2) is 0 Å². The SMILES string of the molecule is CCCC1CCN(c2cccc(CNC3CC3)n2)C1. The quantitative estimate of drug-likeness (QED) is 0.851. The van der Waals surface area contributed by atoms with Gasteiger partial charge in [0.1, 0.15) is 5.82 Å². The fraction of sp³-hybridized carbons (Fsp3) is 0.688. The summed E-state index contributed by atoms with van der Waals surface area (Å²) in [4.78, 5) is 7.27. The second-order valence-corrected chi connectivity index (χ2v) is 6.03. The zero-order valence-electron chi connectivity index (χ0n) is 11.9. The first kappa shape index (κ1) is 12.9. The number of rotatable bonds is 6. The molecule has 2 aliphatic rings. The molecule has 1 unspecified atom stereocenters. The van der Waals surface area contributed by atoms with E-state index in [4.69, 9.17) is 4.98 Å². The van der Waals surface area contributed by atoms with Crippen LogP contribution in [0.15, 0.2) is 18.2 Å². The molecule has 1 saturated carbocycles. The standard InChI is InChI=1S/C16H25N3/c1-2-4-13-9-10-19(12-13)16-6-3-5-15(18-16)11-17-14-7-8-14/h3,5-6,13-14,17H,2,4,7-12H2,1H3. The predicted octanol–water partition coefficient (Wildman–Crippen LogP) is 2.96. The van der Waals surface area contributed by atoms with Crippen LogP contribution in [-0.2, 0) is 6.54 Å². The molecule has 2 heterocycles. The lowest BCUT2D eigenvalue weighted by Gasteiger charge is -2.18. The van der Waals surface area contributed by atoms with E-state index in [-0.39, 0.29) is 0 Å². The van der Waals surface area contributed by atoms with E-state index in [0.29, 0.717) is 0 Å². The number of nitrogens with zero attached hydrogens (tertiary/aromatic N) is 2. The maximum absolute atomic E-state index is 4.81. The molecule has 3 rings (SSSR count). The van der Waals surface area contributed by atoms with Gasteiger partial charge >= 0.3 is 0 Å². The molecule has 1 aliphatic carbocycles. The van der Waals surface area contributed by atoms with Gasteiger partial charge in [-0.1, -0.05) is 19.4 Å². The maximum atomic E-state index is 4.81. The summed E-state index contributed by atoms with van der Waals surface area (Å²) in [6.07, 6.45) is 6.67. The first-order chi connectivity index (χ1) is 9.35. The van der Waals surface area contributed by atoms with E-state index < -0.39 is 0 Å². The highest BCUT2D eigenvalue weighted by atomic mass is 15.2. The summed E-state index contributed by atoms with van der Waals surface area (Å²) >= 11 is 0. The van der Waals surface area contributed by atoms with Crippen LogP contribution in [0.1, 0.15) is 44.7 Å². The number of pyridine rings is 1. The van der Waals surface area contributed by atoms with Gasteiger partial charge < -0.3 is 10.2 Å². The van der Waals surface area contributed by atoms with E-state index >= 15 is 0 Å². The Morgan fingerprint density at radius 3 is 3.00 bits per heavy atom. The third kappa shape index (κ3) is 3.47. The number of anilines is 1. The predicted molar refractivity (Wildman–Crippen MR) is 79.3 cm³/mol. The summed E-state index contributed by atoms with van der Waals surface area (Å²) in [6.45, 7) is 5.58. The third-order valence-electron chi connectivity index (χ3n) is 4.25. The molecule has 3 nitrogen and oxygen atoms in total. The van der Waals surface area contributed by atoms with Gasteiger partial charge in [0.2, 0.25) is 0 Å². The fourth-order valence-corrected chi connectivity index (χ4v) is 2.96. The van der Waals surface area contributed by atoms with Crippen molar-refractivity contribution in [3.8, 4) is 0 Å². The molecule has 0 aromatic carbocycles. The first-order valence-electron chi connectivity index (χ1n) is 7.79. The van der Waals surface area contributed by atoms with E-state index in [1.165, 1.54) is 56.7 Å². The van der Waals surface area contributed by atoms with Crippen LogP contribution >= 0.6 is 0 Å². The molecule has 104 valence electrons.